The maximum Gasteiger partial charge on any atom is 0.126 e. The van der Waals surface area contributed by atoms with E-state index in [0.29, 0.717) is 0 Å². The molecule has 0 atom stereocenters. The topological polar surface area (TPSA) is 26.4 Å². The fourth-order valence-corrected chi connectivity index (χ4v) is 13.1. The van der Waals surface area contributed by atoms with E-state index in [4.69, 9.17) is 13.0 Å². The van der Waals surface area contributed by atoms with Gasteiger partial charge in [-0.05, 0) is 185 Å². The highest BCUT2D eigenvalue weighted by molar-refractivity contribution is 6.36. The Hall–Kier alpha value is -7.72. The molecule has 15 rings (SSSR count). The number of carbonyl (C=O) groups excluding carboxylic acids is 1. The summed E-state index contributed by atoms with van der Waals surface area (Å²) < 4.78 is 11.1. The first-order valence-electron chi connectivity index (χ1n) is 26.2. The van der Waals surface area contributed by atoms with Crippen LogP contribution in [0.2, 0.25) is 5.02 Å². The largest absolute Gasteiger partial charge is 0.308 e. The summed E-state index contributed by atoms with van der Waals surface area (Å²) in [5.41, 5.74) is 23.8. The lowest BCUT2D eigenvalue weighted by atomic mass is 9.81. The molecule has 0 unspecified atom stereocenters. The van der Waals surface area contributed by atoms with Gasteiger partial charge in [0, 0.05) is 50.2 Å². The molecule has 3 nitrogen and oxygen atoms in total. The molecule has 0 saturated carbocycles. The maximum absolute atomic E-state index is 9.62. The number of halogens is 1. The average molecular weight is 999 g/mol. The van der Waals surface area contributed by atoms with E-state index >= 15 is 0 Å². The second kappa shape index (κ2) is 17.4. The fraction of sp³-hybridized carbons (Fsp3) is 0.197. The Morgan fingerprint density at radius 2 is 0.893 bits per heavy atom. The number of Topliss-reactive ketones (excluding diaryl/α,β-unsaturated/α-hetero) is 1. The standard InChI is InChI=1S/C33H26ClN.C33H25N.C3H6O.2CH4/c1-19-8-12-24-27-17-22-16-23(11-10-21(22)18-29(27)33(3,4)28(24)14-19)35-31-15-20(2)9-13-25(31)26-6-5-7-30(34)32(26)35;1-18-8-10-22-26-14-21-17-31-27(15-20(21)16-29(26)33(3,4)28(22)12-18)25-7-5-6-24-23-11-9-19(2)13-30(23)34(31)32(24)25;1-3(2)4;;/h5-18H,1-4H3;5-17H,1-4H3;1-2H3;2*1H4/i;;1D;;. The van der Waals surface area contributed by atoms with Crippen LogP contribution < -0.4 is 0 Å². The van der Waals surface area contributed by atoms with E-state index in [0.717, 1.165) is 16.2 Å². The van der Waals surface area contributed by atoms with Gasteiger partial charge in [-0.3, -0.25) is 0 Å². The second-order valence-corrected chi connectivity index (χ2v) is 22.6. The Bertz CT molecular complexity index is 4560. The third-order valence-corrected chi connectivity index (χ3v) is 16.6. The smallest absolute Gasteiger partial charge is 0.126 e. The molecular weight excluding hydrogens is 932 g/mol. The van der Waals surface area contributed by atoms with Gasteiger partial charge >= 0.3 is 0 Å². The minimum atomic E-state index is -0.0833. The first-order chi connectivity index (χ1) is 35.5. The molecule has 10 aromatic carbocycles. The minimum Gasteiger partial charge on any atom is -0.308 e. The van der Waals surface area contributed by atoms with Gasteiger partial charge in [-0.25, -0.2) is 0 Å². The molecule has 3 aromatic heterocycles. The summed E-state index contributed by atoms with van der Waals surface area (Å²) in [5, 5.41) is 13.7. The number of aryl methyl sites for hydroxylation is 4. The van der Waals surface area contributed by atoms with Crippen molar-refractivity contribution in [1.82, 2.24) is 8.97 Å². The molecule has 0 aliphatic heterocycles. The van der Waals surface area contributed by atoms with Crippen LogP contribution in [0.4, 0.5) is 0 Å². The van der Waals surface area contributed by atoms with Crippen molar-refractivity contribution in [3.63, 3.8) is 0 Å². The van der Waals surface area contributed by atoms with Crippen LogP contribution in [0.3, 0.4) is 0 Å². The highest BCUT2D eigenvalue weighted by atomic mass is 35.5. The van der Waals surface area contributed by atoms with Gasteiger partial charge in [0.05, 0.1) is 32.6 Å². The van der Waals surface area contributed by atoms with Crippen LogP contribution in [0.1, 0.15) is 102 Å². The van der Waals surface area contributed by atoms with Crippen LogP contribution in [-0.2, 0) is 15.6 Å². The van der Waals surface area contributed by atoms with E-state index in [1.54, 1.807) is 0 Å². The molecule has 2 aliphatic rings. The molecule has 0 N–H and O–H groups in total. The number of aromatic nitrogens is 2. The zero-order chi connectivity index (χ0) is 51.3. The van der Waals surface area contributed by atoms with Crippen molar-refractivity contribution < 1.29 is 6.17 Å². The fourth-order valence-electron chi connectivity index (χ4n) is 12.8. The van der Waals surface area contributed by atoms with Crippen LogP contribution in [0, 0.1) is 27.7 Å². The molecule has 3 heterocycles. The third kappa shape index (κ3) is 7.33. The van der Waals surface area contributed by atoms with Crippen LogP contribution in [0.25, 0.3) is 109 Å². The lowest BCUT2D eigenvalue weighted by molar-refractivity contribution is -0.115. The maximum atomic E-state index is 9.62. The zero-order valence-electron chi connectivity index (χ0n) is 44.0. The lowest BCUT2D eigenvalue weighted by Crippen LogP contribution is -2.15. The molecule has 2 aliphatic carbocycles. The number of hydrogen-bond acceptors (Lipinski definition) is 1. The van der Waals surface area contributed by atoms with Gasteiger partial charge in [0.15, 0.2) is 0 Å². The van der Waals surface area contributed by atoms with Gasteiger partial charge in [-0.2, -0.15) is 0 Å². The van der Waals surface area contributed by atoms with E-state index in [-0.39, 0.29) is 38.4 Å². The summed E-state index contributed by atoms with van der Waals surface area (Å²) >= 11 is 6.80. The van der Waals surface area contributed by atoms with E-state index in [1.165, 1.54) is 150 Å². The minimum absolute atomic E-state index is 0. The Kier molecular flexibility index (Phi) is 11.2. The zero-order valence-corrected chi connectivity index (χ0v) is 43.7. The Balaban J connectivity index is 0.000000146. The highest BCUT2D eigenvalue weighted by Crippen LogP contribution is 2.52. The van der Waals surface area contributed by atoms with Crippen molar-refractivity contribution in [3.05, 3.63) is 213 Å². The predicted octanol–water partition coefficient (Wildman–Crippen LogP) is 20.3. The number of para-hydroxylation sites is 2. The summed E-state index contributed by atoms with van der Waals surface area (Å²) in [5.74, 6) is -0.0787. The summed E-state index contributed by atoms with van der Waals surface area (Å²) in [7, 11) is 0. The quantitative estimate of drug-likeness (QED) is 0.161. The molecule has 0 saturated heterocycles. The summed E-state index contributed by atoms with van der Waals surface area (Å²) in [4.78, 5) is 9.62. The van der Waals surface area contributed by atoms with E-state index in [2.05, 4.69) is 216 Å². The number of fused-ring (bicyclic) bond motifs is 17. The van der Waals surface area contributed by atoms with Gasteiger partial charge in [0.25, 0.3) is 0 Å². The first-order valence-corrected chi connectivity index (χ1v) is 25.9. The van der Waals surface area contributed by atoms with Crippen molar-refractivity contribution >= 4 is 98.8 Å². The monoisotopic (exact) mass is 997 g/mol. The molecule has 372 valence electrons. The van der Waals surface area contributed by atoms with Gasteiger partial charge < -0.3 is 13.8 Å². The van der Waals surface area contributed by atoms with E-state index in [1.807, 2.05) is 12.1 Å². The van der Waals surface area contributed by atoms with Crippen molar-refractivity contribution in [2.45, 2.75) is 94.9 Å². The third-order valence-electron chi connectivity index (χ3n) is 16.3. The number of ketones is 1. The highest BCUT2D eigenvalue weighted by Gasteiger charge is 2.37. The summed E-state index contributed by atoms with van der Waals surface area (Å²) in [6.07, 6.45) is 0. The molecule has 0 spiro atoms. The molecule has 13 aromatic rings. The van der Waals surface area contributed by atoms with Gasteiger partial charge in [-0.1, -0.05) is 162 Å². The molecular formula is C71H65ClN2O. The number of benzene rings is 10. The summed E-state index contributed by atoms with van der Waals surface area (Å²) in [6.45, 7) is 19.5. The van der Waals surface area contributed by atoms with E-state index in [9.17, 15) is 4.79 Å². The van der Waals surface area contributed by atoms with E-state index < -0.39 is 0 Å². The van der Waals surface area contributed by atoms with Crippen molar-refractivity contribution in [1.29, 1.82) is 0 Å². The SMILES string of the molecule is C.C.Cc1ccc2c(c1)C(C)(C)c1cc3cc4c5cccc6c7ccc(C)cc7n(c4cc3cc1-2)c65.Cc1ccc2c(c1)C(C)(C)c1cc3ccc(-n4c5cc(C)ccc5c5cccc(Cl)c54)cc3cc1-2.[2H]CC(C)=O. The molecule has 4 heteroatoms. The van der Waals surface area contributed by atoms with Crippen molar-refractivity contribution in [2.75, 3.05) is 0 Å². The van der Waals surface area contributed by atoms with Gasteiger partial charge in [0.1, 0.15) is 5.78 Å². The predicted molar refractivity (Wildman–Crippen MR) is 326 cm³/mol. The number of hydrogen-bond donors (Lipinski definition) is 0. The van der Waals surface area contributed by atoms with Crippen molar-refractivity contribution in [3.8, 4) is 27.9 Å². The normalized spacial score (nSPS) is 13.8. The van der Waals surface area contributed by atoms with Crippen molar-refractivity contribution in [2.24, 2.45) is 0 Å². The molecule has 0 fully saturated rings. The first kappa shape index (κ1) is 48.2. The Morgan fingerprint density at radius 1 is 0.440 bits per heavy atom. The summed E-state index contributed by atoms with van der Waals surface area (Å²) in [6, 6.07) is 61.6. The Labute approximate surface area is 447 Å². The van der Waals surface area contributed by atoms with Crippen LogP contribution in [0.15, 0.2) is 164 Å². The van der Waals surface area contributed by atoms with Crippen LogP contribution in [0.5, 0.6) is 0 Å². The number of carbonyl (C=O) groups is 1. The molecule has 0 amide bonds. The number of rotatable bonds is 1. The molecule has 0 bridgehead atoms. The van der Waals surface area contributed by atoms with Crippen LogP contribution >= 0.6 is 11.6 Å². The van der Waals surface area contributed by atoms with Crippen LogP contribution in [-0.4, -0.2) is 14.8 Å². The lowest BCUT2D eigenvalue weighted by Gasteiger charge is -2.22. The Morgan fingerprint density at radius 3 is 1.49 bits per heavy atom. The second-order valence-electron chi connectivity index (χ2n) is 22.1. The average Bonchev–Trinajstić information content (AvgIpc) is 4.13. The molecule has 0 radical (unpaired) electrons. The number of nitrogens with zero attached hydrogens (tertiary/aromatic N) is 2. The van der Waals surface area contributed by atoms with Gasteiger partial charge in [0.2, 0.25) is 0 Å². The molecule has 75 heavy (non-hydrogen) atoms. The van der Waals surface area contributed by atoms with Gasteiger partial charge in [-0.15, -0.1) is 0 Å².